The number of aromatic nitrogens is 4. The first kappa shape index (κ1) is 15.6. The van der Waals surface area contributed by atoms with Crippen LogP contribution in [-0.4, -0.2) is 52.9 Å². The molecule has 0 atom stereocenters. The molecular formula is C17H19N5O3. The van der Waals surface area contributed by atoms with Gasteiger partial charge in [-0.3, -0.25) is 9.78 Å². The Balaban J connectivity index is 1.68. The van der Waals surface area contributed by atoms with Gasteiger partial charge in [-0.25, -0.2) is 4.98 Å². The van der Waals surface area contributed by atoms with Crippen LogP contribution >= 0.6 is 0 Å². The quantitative estimate of drug-likeness (QED) is 0.762. The summed E-state index contributed by atoms with van der Waals surface area (Å²) in [5, 5.41) is 0. The van der Waals surface area contributed by atoms with Crippen molar-refractivity contribution < 1.29 is 9.47 Å². The SMILES string of the molecule is COc1ccc(Cn2cnc3c(=O)[nH]c(N4CCOCC4)nc32)cc1. The van der Waals surface area contributed by atoms with E-state index < -0.39 is 0 Å². The van der Waals surface area contributed by atoms with Crippen molar-refractivity contribution in [3.8, 4) is 5.75 Å². The Morgan fingerprint density at radius 2 is 2.00 bits per heavy atom. The molecule has 3 heterocycles. The van der Waals surface area contributed by atoms with Crippen LogP contribution in [-0.2, 0) is 11.3 Å². The summed E-state index contributed by atoms with van der Waals surface area (Å²) in [5.74, 6) is 1.38. The average molecular weight is 341 g/mol. The molecule has 130 valence electrons. The topological polar surface area (TPSA) is 85.3 Å². The lowest BCUT2D eigenvalue weighted by Gasteiger charge is -2.27. The third kappa shape index (κ3) is 3.08. The van der Waals surface area contributed by atoms with Crippen LogP contribution < -0.4 is 15.2 Å². The lowest BCUT2D eigenvalue weighted by molar-refractivity contribution is 0.122. The fourth-order valence-corrected chi connectivity index (χ4v) is 2.91. The molecule has 0 saturated carbocycles. The summed E-state index contributed by atoms with van der Waals surface area (Å²) >= 11 is 0. The minimum Gasteiger partial charge on any atom is -0.497 e. The van der Waals surface area contributed by atoms with Crippen molar-refractivity contribution in [2.45, 2.75) is 6.54 Å². The number of H-pyrrole nitrogens is 1. The number of morpholine rings is 1. The number of imidazole rings is 1. The number of hydrogen-bond acceptors (Lipinski definition) is 6. The number of aromatic amines is 1. The second kappa shape index (κ2) is 6.56. The molecule has 0 unspecified atom stereocenters. The van der Waals surface area contributed by atoms with E-state index in [-0.39, 0.29) is 5.56 Å². The maximum atomic E-state index is 12.3. The molecule has 0 aliphatic carbocycles. The third-order valence-electron chi connectivity index (χ3n) is 4.28. The summed E-state index contributed by atoms with van der Waals surface area (Å²) in [4.78, 5) is 26.1. The molecular weight excluding hydrogens is 322 g/mol. The molecule has 0 bridgehead atoms. The molecule has 1 N–H and O–H groups in total. The number of nitrogens with zero attached hydrogens (tertiary/aromatic N) is 4. The summed E-state index contributed by atoms with van der Waals surface area (Å²) in [6.45, 7) is 3.27. The Kier molecular flexibility index (Phi) is 4.10. The van der Waals surface area contributed by atoms with Gasteiger partial charge in [0.2, 0.25) is 5.95 Å². The van der Waals surface area contributed by atoms with Gasteiger partial charge in [0.05, 0.1) is 33.2 Å². The molecule has 4 rings (SSSR count). The lowest BCUT2D eigenvalue weighted by atomic mass is 10.2. The molecule has 25 heavy (non-hydrogen) atoms. The minimum absolute atomic E-state index is 0.222. The summed E-state index contributed by atoms with van der Waals surface area (Å²) in [7, 11) is 1.64. The molecule has 1 saturated heterocycles. The number of nitrogens with one attached hydrogen (secondary N) is 1. The maximum Gasteiger partial charge on any atom is 0.280 e. The highest BCUT2D eigenvalue weighted by Crippen LogP contribution is 2.16. The molecule has 1 fully saturated rings. The van der Waals surface area contributed by atoms with Crippen LogP contribution in [0.25, 0.3) is 11.2 Å². The van der Waals surface area contributed by atoms with Gasteiger partial charge in [-0.2, -0.15) is 4.98 Å². The van der Waals surface area contributed by atoms with Crippen molar-refractivity contribution in [2.75, 3.05) is 38.3 Å². The van der Waals surface area contributed by atoms with E-state index in [1.807, 2.05) is 33.7 Å². The maximum absolute atomic E-state index is 12.3. The summed E-state index contributed by atoms with van der Waals surface area (Å²) in [5.41, 5.74) is 1.79. The average Bonchev–Trinajstić information content (AvgIpc) is 3.06. The molecule has 2 aromatic heterocycles. The highest BCUT2D eigenvalue weighted by atomic mass is 16.5. The Hall–Kier alpha value is -2.87. The molecule has 0 amide bonds. The van der Waals surface area contributed by atoms with Gasteiger partial charge in [0.1, 0.15) is 5.75 Å². The zero-order chi connectivity index (χ0) is 17.2. The van der Waals surface area contributed by atoms with E-state index in [1.54, 1.807) is 13.4 Å². The highest BCUT2D eigenvalue weighted by Gasteiger charge is 2.17. The molecule has 1 aliphatic rings. The van der Waals surface area contributed by atoms with Crippen LogP contribution in [0.1, 0.15) is 5.56 Å². The molecule has 0 radical (unpaired) electrons. The number of ether oxygens (including phenoxy) is 2. The summed E-state index contributed by atoms with van der Waals surface area (Å²) < 4.78 is 12.4. The number of rotatable bonds is 4. The molecule has 3 aromatic rings. The van der Waals surface area contributed by atoms with E-state index in [1.165, 1.54) is 0 Å². The van der Waals surface area contributed by atoms with Gasteiger partial charge in [-0.05, 0) is 17.7 Å². The number of fused-ring (bicyclic) bond motifs is 1. The van der Waals surface area contributed by atoms with E-state index in [2.05, 4.69) is 15.0 Å². The van der Waals surface area contributed by atoms with Crippen molar-refractivity contribution in [3.05, 3.63) is 46.5 Å². The third-order valence-corrected chi connectivity index (χ3v) is 4.28. The Morgan fingerprint density at radius 1 is 1.24 bits per heavy atom. The zero-order valence-electron chi connectivity index (χ0n) is 13.9. The van der Waals surface area contributed by atoms with E-state index in [9.17, 15) is 4.79 Å². The van der Waals surface area contributed by atoms with Crippen molar-refractivity contribution in [1.82, 2.24) is 19.5 Å². The normalized spacial score (nSPS) is 14.8. The standard InChI is InChI=1S/C17H19N5O3/c1-24-13-4-2-12(3-5-13)10-22-11-18-14-15(22)19-17(20-16(14)23)21-6-8-25-9-7-21/h2-5,11H,6-10H2,1H3,(H,19,20,23). The van der Waals surface area contributed by atoms with E-state index in [0.717, 1.165) is 11.3 Å². The minimum atomic E-state index is -0.222. The van der Waals surface area contributed by atoms with E-state index in [4.69, 9.17) is 9.47 Å². The molecule has 8 nitrogen and oxygen atoms in total. The van der Waals surface area contributed by atoms with Crippen LogP contribution in [0.4, 0.5) is 5.95 Å². The van der Waals surface area contributed by atoms with Crippen LogP contribution in [0.2, 0.25) is 0 Å². The first-order chi connectivity index (χ1) is 12.2. The Morgan fingerprint density at radius 3 is 2.72 bits per heavy atom. The number of hydrogen-bond donors (Lipinski definition) is 1. The molecule has 1 aliphatic heterocycles. The fourth-order valence-electron chi connectivity index (χ4n) is 2.91. The Bertz CT molecular complexity index is 926. The fraction of sp³-hybridized carbons (Fsp3) is 0.353. The highest BCUT2D eigenvalue weighted by molar-refractivity contribution is 5.71. The monoisotopic (exact) mass is 341 g/mol. The van der Waals surface area contributed by atoms with Gasteiger partial charge in [0, 0.05) is 13.1 Å². The first-order valence-electron chi connectivity index (χ1n) is 8.15. The van der Waals surface area contributed by atoms with Crippen LogP contribution in [0, 0.1) is 0 Å². The smallest absolute Gasteiger partial charge is 0.280 e. The van der Waals surface area contributed by atoms with Gasteiger partial charge in [-0.1, -0.05) is 12.1 Å². The molecule has 0 spiro atoms. The second-order valence-electron chi connectivity index (χ2n) is 5.88. The first-order valence-corrected chi connectivity index (χ1v) is 8.15. The number of anilines is 1. The van der Waals surface area contributed by atoms with Crippen LogP contribution in [0.3, 0.4) is 0 Å². The molecule has 8 heteroatoms. The van der Waals surface area contributed by atoms with Gasteiger partial charge in [0.25, 0.3) is 5.56 Å². The van der Waals surface area contributed by atoms with Gasteiger partial charge in [0.15, 0.2) is 11.2 Å². The van der Waals surface area contributed by atoms with E-state index in [0.29, 0.717) is 50.0 Å². The van der Waals surface area contributed by atoms with Crippen molar-refractivity contribution >= 4 is 17.1 Å². The van der Waals surface area contributed by atoms with Gasteiger partial charge in [-0.15, -0.1) is 0 Å². The van der Waals surface area contributed by atoms with Crippen molar-refractivity contribution in [3.63, 3.8) is 0 Å². The molecule has 1 aromatic carbocycles. The van der Waals surface area contributed by atoms with Crippen LogP contribution in [0.15, 0.2) is 35.4 Å². The predicted molar refractivity (Wildman–Crippen MR) is 93.3 cm³/mol. The predicted octanol–water partition coefficient (Wildman–Crippen LogP) is 1.01. The van der Waals surface area contributed by atoms with Gasteiger partial charge < -0.3 is 18.9 Å². The van der Waals surface area contributed by atoms with E-state index >= 15 is 0 Å². The number of methoxy groups -OCH3 is 1. The summed E-state index contributed by atoms with van der Waals surface area (Å²) in [6, 6.07) is 7.79. The second-order valence-corrected chi connectivity index (χ2v) is 5.88. The Labute approximate surface area is 144 Å². The van der Waals surface area contributed by atoms with Gasteiger partial charge >= 0.3 is 0 Å². The zero-order valence-corrected chi connectivity index (χ0v) is 13.9. The lowest BCUT2D eigenvalue weighted by Crippen LogP contribution is -2.38. The summed E-state index contributed by atoms with van der Waals surface area (Å²) in [6.07, 6.45) is 1.65. The van der Waals surface area contributed by atoms with Crippen LogP contribution in [0.5, 0.6) is 5.75 Å². The van der Waals surface area contributed by atoms with Crippen molar-refractivity contribution in [1.29, 1.82) is 0 Å². The largest absolute Gasteiger partial charge is 0.497 e. The van der Waals surface area contributed by atoms with Crippen molar-refractivity contribution in [2.24, 2.45) is 0 Å². The number of benzene rings is 1.